The first-order valence-corrected chi connectivity index (χ1v) is 11.2. The summed E-state index contributed by atoms with van der Waals surface area (Å²) in [5.74, 6) is 0.977. The van der Waals surface area contributed by atoms with Crippen molar-refractivity contribution in [2.24, 2.45) is 0 Å². The number of carbonyl (C=O) groups excluding carboxylic acids is 1. The zero-order chi connectivity index (χ0) is 23.4. The lowest BCUT2D eigenvalue weighted by Gasteiger charge is -2.27. The fraction of sp³-hybridized carbons (Fsp3) is 0.400. The van der Waals surface area contributed by atoms with Gasteiger partial charge < -0.3 is 19.7 Å². The van der Waals surface area contributed by atoms with Gasteiger partial charge in [-0.05, 0) is 42.5 Å². The number of hydrogen-bond acceptors (Lipinski definition) is 6. The average molecular weight is 451 g/mol. The van der Waals surface area contributed by atoms with Crippen LogP contribution in [0.5, 0.6) is 11.5 Å². The molecular formula is C25H30N4O4. The fourth-order valence-electron chi connectivity index (χ4n) is 4.29. The maximum Gasteiger partial charge on any atom is 0.261 e. The second-order valence-electron chi connectivity index (χ2n) is 8.34. The van der Waals surface area contributed by atoms with Gasteiger partial charge in [0.1, 0.15) is 0 Å². The highest BCUT2D eigenvalue weighted by molar-refractivity contribution is 5.81. The molecular weight excluding hydrogens is 420 g/mol. The van der Waals surface area contributed by atoms with Crippen LogP contribution in [0.15, 0.2) is 41.5 Å². The van der Waals surface area contributed by atoms with Gasteiger partial charge >= 0.3 is 0 Å². The van der Waals surface area contributed by atoms with E-state index in [1.54, 1.807) is 19.2 Å². The molecule has 1 aliphatic rings. The minimum atomic E-state index is -0.166. The van der Waals surface area contributed by atoms with Crippen LogP contribution in [0, 0.1) is 0 Å². The second kappa shape index (κ2) is 9.94. The standard InChI is InChI=1S/C25H30N4O4/c1-28-10-4-6-18-12-17(8-9-21(18)28)15-26-24(30)7-5-11-29-16-27-20-14-23(33-3)22(32-2)13-19(20)25(29)31/h8-9,12-14,16H,4-7,10-11,15H2,1-3H3,(H,26,30). The van der Waals surface area contributed by atoms with Gasteiger partial charge in [0.05, 0.1) is 31.4 Å². The SMILES string of the molecule is COc1cc2ncn(CCCC(=O)NCc3ccc4c(c3)CCCN4C)c(=O)c2cc1OC. The van der Waals surface area contributed by atoms with E-state index < -0.39 is 0 Å². The molecule has 33 heavy (non-hydrogen) atoms. The van der Waals surface area contributed by atoms with E-state index in [4.69, 9.17) is 9.47 Å². The minimum Gasteiger partial charge on any atom is -0.493 e. The fourth-order valence-corrected chi connectivity index (χ4v) is 4.29. The molecule has 1 aliphatic heterocycles. The van der Waals surface area contributed by atoms with Gasteiger partial charge in [0.25, 0.3) is 5.56 Å². The van der Waals surface area contributed by atoms with Crippen LogP contribution in [0.25, 0.3) is 10.9 Å². The Morgan fingerprint density at radius 3 is 2.73 bits per heavy atom. The summed E-state index contributed by atoms with van der Waals surface area (Å²) in [6.45, 7) is 2.00. The van der Waals surface area contributed by atoms with Gasteiger partial charge in [-0.15, -0.1) is 0 Å². The van der Waals surface area contributed by atoms with Gasteiger partial charge in [0.15, 0.2) is 11.5 Å². The molecule has 0 spiro atoms. The van der Waals surface area contributed by atoms with Crippen molar-refractivity contribution in [1.29, 1.82) is 0 Å². The summed E-state index contributed by atoms with van der Waals surface area (Å²) in [5.41, 5.74) is 4.11. The molecule has 0 fully saturated rings. The molecule has 8 heteroatoms. The number of benzene rings is 2. The first-order chi connectivity index (χ1) is 16.0. The normalized spacial score (nSPS) is 13.0. The lowest BCUT2D eigenvalue weighted by atomic mass is 9.99. The molecule has 0 radical (unpaired) electrons. The van der Waals surface area contributed by atoms with E-state index in [1.165, 1.54) is 29.3 Å². The van der Waals surface area contributed by atoms with Crippen LogP contribution in [0.3, 0.4) is 0 Å². The number of methoxy groups -OCH3 is 2. The van der Waals surface area contributed by atoms with Crippen molar-refractivity contribution in [2.75, 3.05) is 32.7 Å². The van der Waals surface area contributed by atoms with Crippen molar-refractivity contribution in [1.82, 2.24) is 14.9 Å². The molecule has 0 unspecified atom stereocenters. The van der Waals surface area contributed by atoms with Crippen molar-refractivity contribution in [3.8, 4) is 11.5 Å². The van der Waals surface area contributed by atoms with Gasteiger partial charge in [0.2, 0.25) is 5.91 Å². The van der Waals surface area contributed by atoms with Crippen molar-refractivity contribution < 1.29 is 14.3 Å². The summed E-state index contributed by atoms with van der Waals surface area (Å²) in [7, 11) is 5.18. The van der Waals surface area contributed by atoms with Crippen LogP contribution in [-0.2, 0) is 24.3 Å². The van der Waals surface area contributed by atoms with E-state index in [9.17, 15) is 9.59 Å². The Morgan fingerprint density at radius 1 is 1.15 bits per heavy atom. The number of anilines is 1. The Hall–Kier alpha value is -3.55. The number of ether oxygens (including phenoxy) is 2. The number of rotatable bonds is 8. The monoisotopic (exact) mass is 450 g/mol. The smallest absolute Gasteiger partial charge is 0.261 e. The number of nitrogens with zero attached hydrogens (tertiary/aromatic N) is 3. The predicted molar refractivity (Wildman–Crippen MR) is 128 cm³/mol. The van der Waals surface area contributed by atoms with Crippen molar-refractivity contribution in [3.63, 3.8) is 0 Å². The van der Waals surface area contributed by atoms with E-state index in [1.807, 2.05) is 0 Å². The first kappa shape index (κ1) is 22.6. The maximum absolute atomic E-state index is 12.8. The van der Waals surface area contributed by atoms with E-state index in [2.05, 4.69) is 40.4 Å². The van der Waals surface area contributed by atoms with Crippen LogP contribution in [0.4, 0.5) is 5.69 Å². The Labute approximate surface area is 193 Å². The number of nitrogens with one attached hydrogen (secondary N) is 1. The topological polar surface area (TPSA) is 85.7 Å². The molecule has 174 valence electrons. The summed E-state index contributed by atoms with van der Waals surface area (Å²) in [5, 5.41) is 3.45. The quantitative estimate of drug-likeness (QED) is 0.568. The van der Waals surface area contributed by atoms with Crippen LogP contribution in [0.1, 0.15) is 30.4 Å². The molecule has 0 saturated carbocycles. The molecule has 4 rings (SSSR count). The third-order valence-corrected chi connectivity index (χ3v) is 6.12. The minimum absolute atomic E-state index is 0.0296. The summed E-state index contributed by atoms with van der Waals surface area (Å²) >= 11 is 0. The lowest BCUT2D eigenvalue weighted by Crippen LogP contribution is -2.26. The molecule has 3 aromatic rings. The second-order valence-corrected chi connectivity index (χ2v) is 8.34. The summed E-state index contributed by atoms with van der Waals surface area (Å²) in [4.78, 5) is 31.8. The number of hydrogen-bond donors (Lipinski definition) is 1. The number of aromatic nitrogens is 2. The Bertz CT molecular complexity index is 1220. The van der Waals surface area contributed by atoms with E-state index in [0.29, 0.717) is 48.3 Å². The highest BCUT2D eigenvalue weighted by Gasteiger charge is 2.14. The summed E-state index contributed by atoms with van der Waals surface area (Å²) in [6, 6.07) is 9.73. The molecule has 0 bridgehead atoms. The molecule has 0 aliphatic carbocycles. The van der Waals surface area contributed by atoms with Crippen molar-refractivity contribution in [3.05, 3.63) is 58.1 Å². The lowest BCUT2D eigenvalue weighted by molar-refractivity contribution is -0.121. The summed E-state index contributed by atoms with van der Waals surface area (Å²) in [6.07, 6.45) is 4.63. The first-order valence-electron chi connectivity index (χ1n) is 11.2. The molecule has 2 aromatic carbocycles. The largest absolute Gasteiger partial charge is 0.493 e. The molecule has 0 atom stereocenters. The number of amides is 1. The van der Waals surface area contributed by atoms with Crippen molar-refractivity contribution in [2.45, 2.75) is 38.8 Å². The molecule has 8 nitrogen and oxygen atoms in total. The number of fused-ring (bicyclic) bond motifs is 2. The van der Waals surface area contributed by atoms with Gasteiger partial charge in [-0.1, -0.05) is 12.1 Å². The number of carbonyl (C=O) groups is 1. The third kappa shape index (κ3) is 4.94. The van der Waals surface area contributed by atoms with Crippen LogP contribution in [0.2, 0.25) is 0 Å². The van der Waals surface area contributed by atoms with Crippen molar-refractivity contribution >= 4 is 22.5 Å². The highest BCUT2D eigenvalue weighted by atomic mass is 16.5. The molecule has 1 aromatic heterocycles. The number of aryl methyl sites for hydroxylation is 2. The highest BCUT2D eigenvalue weighted by Crippen LogP contribution is 2.30. The van der Waals surface area contributed by atoms with E-state index >= 15 is 0 Å². The van der Waals surface area contributed by atoms with Crippen LogP contribution >= 0.6 is 0 Å². The third-order valence-electron chi connectivity index (χ3n) is 6.12. The Morgan fingerprint density at radius 2 is 1.94 bits per heavy atom. The van der Waals surface area contributed by atoms with E-state index in [-0.39, 0.29) is 11.5 Å². The van der Waals surface area contributed by atoms with E-state index in [0.717, 1.165) is 24.9 Å². The molecule has 1 amide bonds. The van der Waals surface area contributed by atoms with Crippen LogP contribution < -0.4 is 25.2 Å². The zero-order valence-corrected chi connectivity index (χ0v) is 19.4. The van der Waals surface area contributed by atoms with Crippen LogP contribution in [-0.4, -0.2) is 43.3 Å². The van der Waals surface area contributed by atoms with Gasteiger partial charge in [-0.3, -0.25) is 14.2 Å². The zero-order valence-electron chi connectivity index (χ0n) is 19.4. The predicted octanol–water partition coefficient (Wildman–Crippen LogP) is 2.89. The Kier molecular flexibility index (Phi) is 6.82. The summed E-state index contributed by atoms with van der Waals surface area (Å²) < 4.78 is 12.1. The Balaban J connectivity index is 1.33. The van der Waals surface area contributed by atoms with Gasteiger partial charge in [-0.25, -0.2) is 4.98 Å². The average Bonchev–Trinajstić information content (AvgIpc) is 2.83. The van der Waals surface area contributed by atoms with Gasteiger partial charge in [-0.2, -0.15) is 0 Å². The maximum atomic E-state index is 12.8. The molecule has 2 heterocycles. The van der Waals surface area contributed by atoms with Gasteiger partial charge in [0, 0.05) is 44.9 Å². The molecule has 0 saturated heterocycles. The molecule has 1 N–H and O–H groups in total.